The molecule has 30 heavy (non-hydrogen) atoms. The SMILES string of the molecule is COc1ncc(C(=O)NC2CCC(C)CC2)cc1OCCc1cccc(CCO)c1. The van der Waals surface area contributed by atoms with Gasteiger partial charge in [-0.15, -0.1) is 0 Å². The van der Waals surface area contributed by atoms with Gasteiger partial charge in [-0.25, -0.2) is 4.98 Å². The molecule has 1 amide bonds. The van der Waals surface area contributed by atoms with Crippen molar-refractivity contribution in [1.82, 2.24) is 10.3 Å². The first kappa shape index (κ1) is 22.1. The number of ether oxygens (including phenoxy) is 2. The van der Waals surface area contributed by atoms with Gasteiger partial charge in [0.15, 0.2) is 5.75 Å². The monoisotopic (exact) mass is 412 g/mol. The average molecular weight is 413 g/mol. The minimum atomic E-state index is -0.119. The van der Waals surface area contributed by atoms with Crippen molar-refractivity contribution in [3.63, 3.8) is 0 Å². The van der Waals surface area contributed by atoms with E-state index in [0.717, 1.165) is 42.7 Å². The van der Waals surface area contributed by atoms with Crippen LogP contribution < -0.4 is 14.8 Å². The van der Waals surface area contributed by atoms with Crippen molar-refractivity contribution < 1.29 is 19.4 Å². The van der Waals surface area contributed by atoms with Crippen molar-refractivity contribution >= 4 is 5.91 Å². The van der Waals surface area contributed by atoms with Crippen LogP contribution in [0, 0.1) is 5.92 Å². The Morgan fingerprint density at radius 1 is 1.17 bits per heavy atom. The van der Waals surface area contributed by atoms with Gasteiger partial charge in [-0.05, 0) is 49.1 Å². The Morgan fingerprint density at radius 3 is 2.60 bits per heavy atom. The highest BCUT2D eigenvalue weighted by molar-refractivity contribution is 5.94. The summed E-state index contributed by atoms with van der Waals surface area (Å²) < 4.78 is 11.2. The van der Waals surface area contributed by atoms with E-state index >= 15 is 0 Å². The van der Waals surface area contributed by atoms with Crippen LogP contribution in [-0.4, -0.2) is 42.4 Å². The van der Waals surface area contributed by atoms with Gasteiger partial charge in [-0.2, -0.15) is 0 Å². The quantitative estimate of drug-likeness (QED) is 0.658. The van der Waals surface area contributed by atoms with Crippen LogP contribution in [0.5, 0.6) is 11.6 Å². The Kier molecular flexibility index (Phi) is 8.08. The molecule has 3 rings (SSSR count). The topological polar surface area (TPSA) is 80.7 Å². The summed E-state index contributed by atoms with van der Waals surface area (Å²) in [5.41, 5.74) is 2.72. The lowest BCUT2D eigenvalue weighted by atomic mass is 9.87. The summed E-state index contributed by atoms with van der Waals surface area (Å²) in [6.07, 6.45) is 7.23. The van der Waals surface area contributed by atoms with E-state index in [1.54, 1.807) is 6.07 Å². The van der Waals surface area contributed by atoms with Crippen LogP contribution in [0.1, 0.15) is 54.1 Å². The Labute approximate surface area is 178 Å². The van der Waals surface area contributed by atoms with E-state index in [1.165, 1.54) is 13.3 Å². The third kappa shape index (κ3) is 6.20. The van der Waals surface area contributed by atoms with E-state index in [9.17, 15) is 4.79 Å². The summed E-state index contributed by atoms with van der Waals surface area (Å²) in [5.74, 6) is 1.46. The van der Waals surface area contributed by atoms with E-state index in [-0.39, 0.29) is 18.6 Å². The Bertz CT molecular complexity index is 832. The minimum Gasteiger partial charge on any atom is -0.488 e. The number of benzene rings is 1. The van der Waals surface area contributed by atoms with Crippen LogP contribution in [0.2, 0.25) is 0 Å². The number of aliphatic hydroxyl groups excluding tert-OH is 1. The summed E-state index contributed by atoms with van der Waals surface area (Å²) in [6.45, 7) is 2.84. The lowest BCUT2D eigenvalue weighted by molar-refractivity contribution is 0.0922. The van der Waals surface area contributed by atoms with Gasteiger partial charge in [0.2, 0.25) is 0 Å². The summed E-state index contributed by atoms with van der Waals surface area (Å²) >= 11 is 0. The number of nitrogens with one attached hydrogen (secondary N) is 1. The van der Waals surface area contributed by atoms with E-state index in [2.05, 4.69) is 23.3 Å². The third-order valence-corrected chi connectivity index (χ3v) is 5.67. The molecule has 1 saturated carbocycles. The molecule has 2 N–H and O–H groups in total. The number of rotatable bonds is 9. The Morgan fingerprint density at radius 2 is 1.90 bits per heavy atom. The van der Waals surface area contributed by atoms with Crippen LogP contribution in [0.3, 0.4) is 0 Å². The highest BCUT2D eigenvalue weighted by atomic mass is 16.5. The van der Waals surface area contributed by atoms with Gasteiger partial charge in [0.05, 0.1) is 19.3 Å². The van der Waals surface area contributed by atoms with Gasteiger partial charge >= 0.3 is 0 Å². The minimum absolute atomic E-state index is 0.119. The van der Waals surface area contributed by atoms with Crippen molar-refractivity contribution in [3.05, 3.63) is 53.2 Å². The number of amides is 1. The Balaban J connectivity index is 1.60. The summed E-state index contributed by atoms with van der Waals surface area (Å²) in [6, 6.07) is 10.0. The average Bonchev–Trinajstić information content (AvgIpc) is 2.76. The largest absolute Gasteiger partial charge is 0.488 e. The normalized spacial score (nSPS) is 18.6. The molecule has 0 unspecified atom stereocenters. The third-order valence-electron chi connectivity index (χ3n) is 5.67. The molecule has 2 aromatic rings. The van der Waals surface area contributed by atoms with Gasteiger partial charge in [0.25, 0.3) is 11.8 Å². The van der Waals surface area contributed by atoms with Crippen molar-refractivity contribution in [1.29, 1.82) is 0 Å². The van der Waals surface area contributed by atoms with Gasteiger partial charge in [0, 0.05) is 31.3 Å². The highest BCUT2D eigenvalue weighted by Gasteiger charge is 2.21. The first-order valence-corrected chi connectivity index (χ1v) is 10.8. The molecule has 162 valence electrons. The number of aliphatic hydroxyl groups is 1. The zero-order chi connectivity index (χ0) is 21.3. The molecule has 0 spiro atoms. The van der Waals surface area contributed by atoms with Gasteiger partial charge < -0.3 is 19.9 Å². The zero-order valence-corrected chi connectivity index (χ0v) is 17.9. The molecule has 6 nitrogen and oxygen atoms in total. The molecule has 0 bridgehead atoms. The van der Waals surface area contributed by atoms with Crippen molar-refractivity contribution in [2.24, 2.45) is 5.92 Å². The molecule has 0 atom stereocenters. The summed E-state index contributed by atoms with van der Waals surface area (Å²) in [4.78, 5) is 16.9. The van der Waals surface area contributed by atoms with E-state index in [0.29, 0.717) is 36.6 Å². The first-order valence-electron chi connectivity index (χ1n) is 10.8. The molecule has 6 heteroatoms. The van der Waals surface area contributed by atoms with Gasteiger partial charge in [-0.3, -0.25) is 4.79 Å². The molecule has 0 aliphatic heterocycles. The second kappa shape index (κ2) is 11.0. The smallest absolute Gasteiger partial charge is 0.256 e. The van der Waals surface area contributed by atoms with Crippen molar-refractivity contribution in [3.8, 4) is 11.6 Å². The van der Waals surface area contributed by atoms with Gasteiger partial charge in [-0.1, -0.05) is 31.2 Å². The standard InChI is InChI=1S/C24H32N2O4/c1-17-6-8-21(9-7-17)26-23(28)20-15-22(24(29-2)25-16-20)30-13-11-19-5-3-4-18(14-19)10-12-27/h3-5,14-17,21,27H,6-13H2,1-2H3,(H,26,28). The maximum atomic E-state index is 12.7. The number of hydrogen-bond acceptors (Lipinski definition) is 5. The summed E-state index contributed by atoms with van der Waals surface area (Å²) in [5, 5.41) is 12.2. The number of hydrogen-bond donors (Lipinski definition) is 2. The molecule has 1 aromatic heterocycles. The predicted octanol–water partition coefficient (Wildman–Crippen LogP) is 3.56. The van der Waals surface area contributed by atoms with Crippen molar-refractivity contribution in [2.75, 3.05) is 20.3 Å². The number of nitrogens with zero attached hydrogens (tertiary/aromatic N) is 1. The van der Waals surface area contributed by atoms with Crippen LogP contribution >= 0.6 is 0 Å². The molecule has 0 radical (unpaired) electrons. The predicted molar refractivity (Wildman–Crippen MR) is 116 cm³/mol. The molecule has 1 fully saturated rings. The maximum absolute atomic E-state index is 12.7. The molecule has 0 saturated heterocycles. The zero-order valence-electron chi connectivity index (χ0n) is 17.9. The van der Waals surface area contributed by atoms with E-state index < -0.39 is 0 Å². The fraction of sp³-hybridized carbons (Fsp3) is 0.500. The second-order valence-electron chi connectivity index (χ2n) is 8.05. The fourth-order valence-corrected chi connectivity index (χ4v) is 3.83. The van der Waals surface area contributed by atoms with Crippen molar-refractivity contribution in [2.45, 2.75) is 51.5 Å². The highest BCUT2D eigenvalue weighted by Crippen LogP contribution is 2.27. The number of methoxy groups -OCH3 is 1. The van der Waals surface area contributed by atoms with Gasteiger partial charge in [0.1, 0.15) is 0 Å². The van der Waals surface area contributed by atoms with Crippen LogP contribution in [0.15, 0.2) is 36.5 Å². The maximum Gasteiger partial charge on any atom is 0.256 e. The number of pyridine rings is 1. The molecular weight excluding hydrogens is 380 g/mol. The molecule has 1 aromatic carbocycles. The first-order chi connectivity index (χ1) is 14.6. The molecule has 1 aliphatic rings. The lowest BCUT2D eigenvalue weighted by Crippen LogP contribution is -2.37. The Hall–Kier alpha value is -2.60. The number of carbonyl (C=O) groups excluding carboxylic acids is 1. The molecular formula is C24H32N2O4. The van der Waals surface area contributed by atoms with E-state index in [4.69, 9.17) is 14.6 Å². The summed E-state index contributed by atoms with van der Waals surface area (Å²) in [7, 11) is 1.54. The van der Waals surface area contributed by atoms with Crippen LogP contribution in [0.25, 0.3) is 0 Å². The van der Waals surface area contributed by atoms with Crippen LogP contribution in [0.4, 0.5) is 0 Å². The molecule has 1 aliphatic carbocycles. The lowest BCUT2D eigenvalue weighted by Gasteiger charge is -2.26. The van der Waals surface area contributed by atoms with Crippen LogP contribution in [-0.2, 0) is 12.8 Å². The second-order valence-corrected chi connectivity index (χ2v) is 8.05. The van der Waals surface area contributed by atoms with E-state index in [1.807, 2.05) is 18.2 Å². The number of aromatic nitrogens is 1. The number of carbonyl (C=O) groups is 1. The fourth-order valence-electron chi connectivity index (χ4n) is 3.83. The molecule has 1 heterocycles.